The molecule has 1 rings (SSSR count). The quantitative estimate of drug-likeness (QED) is 0.685. The maximum atomic E-state index is 12.0. The van der Waals surface area contributed by atoms with Crippen LogP contribution in [0.1, 0.15) is 26.3 Å². The molecule has 0 heterocycles. The lowest BCUT2D eigenvalue weighted by Crippen LogP contribution is -2.41. The van der Waals surface area contributed by atoms with Crippen molar-refractivity contribution in [2.75, 3.05) is 0 Å². The van der Waals surface area contributed by atoms with Crippen molar-refractivity contribution in [1.29, 1.82) is 5.26 Å². The van der Waals surface area contributed by atoms with Crippen molar-refractivity contribution < 1.29 is 18.3 Å². The molecule has 1 amide bonds. The third-order valence-corrected chi connectivity index (χ3v) is 2.27. The lowest BCUT2D eigenvalue weighted by Gasteiger charge is -2.20. The zero-order valence-electron chi connectivity index (χ0n) is 12.0. The van der Waals surface area contributed by atoms with Crippen LogP contribution in [0.4, 0.5) is 8.78 Å². The number of ether oxygens (including phenoxy) is 1. The average Bonchev–Trinajstić information content (AvgIpc) is 2.35. The number of halogens is 2. The van der Waals surface area contributed by atoms with Crippen LogP contribution in [-0.2, 0) is 4.79 Å². The van der Waals surface area contributed by atoms with Crippen LogP contribution in [0.5, 0.6) is 5.75 Å². The highest BCUT2D eigenvalue weighted by Gasteiger charge is 2.17. The van der Waals surface area contributed by atoms with E-state index in [4.69, 9.17) is 5.26 Å². The van der Waals surface area contributed by atoms with E-state index in [1.54, 1.807) is 20.8 Å². The van der Waals surface area contributed by atoms with E-state index in [1.807, 2.05) is 6.07 Å². The van der Waals surface area contributed by atoms with Crippen LogP contribution in [0, 0.1) is 11.3 Å². The lowest BCUT2D eigenvalue weighted by atomic mass is 10.1. The Morgan fingerprint density at radius 3 is 2.33 bits per heavy atom. The highest BCUT2D eigenvalue weighted by molar-refractivity contribution is 6.02. The molecule has 0 aromatic heterocycles. The molecule has 1 aromatic carbocycles. The number of carbonyl (C=O) groups is 1. The molecule has 0 spiro atoms. The summed E-state index contributed by atoms with van der Waals surface area (Å²) < 4.78 is 28.3. The van der Waals surface area contributed by atoms with Gasteiger partial charge >= 0.3 is 6.61 Å². The van der Waals surface area contributed by atoms with Crippen molar-refractivity contribution in [3.8, 4) is 11.8 Å². The minimum Gasteiger partial charge on any atom is -0.435 e. The maximum Gasteiger partial charge on any atom is 0.387 e. The first kappa shape index (κ1) is 16.6. The highest BCUT2D eigenvalue weighted by Crippen LogP contribution is 2.17. The number of carbonyl (C=O) groups excluding carboxylic acids is 1. The molecule has 6 heteroatoms. The number of rotatable bonds is 4. The van der Waals surface area contributed by atoms with E-state index < -0.39 is 18.1 Å². The summed E-state index contributed by atoms with van der Waals surface area (Å²) in [4.78, 5) is 11.9. The van der Waals surface area contributed by atoms with E-state index in [-0.39, 0.29) is 11.3 Å². The second kappa shape index (κ2) is 6.84. The monoisotopic (exact) mass is 294 g/mol. The van der Waals surface area contributed by atoms with Gasteiger partial charge in [-0.1, -0.05) is 12.1 Å². The molecule has 0 bridgehead atoms. The molecule has 0 aliphatic carbocycles. The smallest absolute Gasteiger partial charge is 0.387 e. The fraction of sp³-hybridized carbons (Fsp3) is 0.333. The molecule has 1 N–H and O–H groups in total. The average molecular weight is 294 g/mol. The normalized spacial score (nSPS) is 12.0. The summed E-state index contributed by atoms with van der Waals surface area (Å²) in [5.74, 6) is -0.474. The van der Waals surface area contributed by atoms with Gasteiger partial charge in [-0.3, -0.25) is 4.79 Å². The lowest BCUT2D eigenvalue weighted by molar-refractivity contribution is -0.118. The Labute approximate surface area is 122 Å². The van der Waals surface area contributed by atoms with Gasteiger partial charge in [-0.15, -0.1) is 0 Å². The molecule has 0 saturated heterocycles. The molecule has 0 fully saturated rings. The summed E-state index contributed by atoms with van der Waals surface area (Å²) in [6.07, 6.45) is 1.38. The fourth-order valence-electron chi connectivity index (χ4n) is 1.47. The topological polar surface area (TPSA) is 62.1 Å². The van der Waals surface area contributed by atoms with Crippen molar-refractivity contribution in [1.82, 2.24) is 5.32 Å². The van der Waals surface area contributed by atoms with E-state index in [0.29, 0.717) is 5.56 Å². The molecule has 0 aliphatic rings. The van der Waals surface area contributed by atoms with E-state index in [1.165, 1.54) is 30.3 Å². The zero-order chi connectivity index (χ0) is 16.0. The minimum atomic E-state index is -2.89. The number of hydrogen-bond donors (Lipinski definition) is 1. The number of nitrogens with zero attached hydrogens (tertiary/aromatic N) is 1. The first-order valence-corrected chi connectivity index (χ1v) is 6.20. The van der Waals surface area contributed by atoms with Crippen molar-refractivity contribution in [3.63, 3.8) is 0 Å². The second-order valence-electron chi connectivity index (χ2n) is 5.32. The van der Waals surface area contributed by atoms with Crippen molar-refractivity contribution in [3.05, 3.63) is 35.4 Å². The predicted octanol–water partition coefficient (Wildman–Crippen LogP) is 3.11. The summed E-state index contributed by atoms with van der Waals surface area (Å²) in [6.45, 7) is 2.52. The zero-order valence-corrected chi connectivity index (χ0v) is 12.0. The number of hydrogen-bond acceptors (Lipinski definition) is 3. The van der Waals surface area contributed by atoms with Crippen LogP contribution in [0.25, 0.3) is 6.08 Å². The van der Waals surface area contributed by atoms with Gasteiger partial charge in [0.25, 0.3) is 5.91 Å². The minimum absolute atomic E-state index is 0.0137. The fourth-order valence-corrected chi connectivity index (χ4v) is 1.47. The Kier molecular flexibility index (Phi) is 5.42. The summed E-state index contributed by atoms with van der Waals surface area (Å²) in [6, 6.07) is 7.47. The first-order valence-electron chi connectivity index (χ1n) is 6.20. The molecular formula is C15H16F2N2O2. The van der Waals surface area contributed by atoms with Gasteiger partial charge in [-0.05, 0) is 44.5 Å². The molecule has 0 unspecified atom stereocenters. The van der Waals surface area contributed by atoms with E-state index in [9.17, 15) is 13.6 Å². The van der Waals surface area contributed by atoms with Gasteiger partial charge in [0.1, 0.15) is 17.4 Å². The molecule has 1 aromatic rings. The van der Waals surface area contributed by atoms with Crippen molar-refractivity contribution in [2.24, 2.45) is 0 Å². The summed E-state index contributed by atoms with van der Waals surface area (Å²) in [5.41, 5.74) is 0.0202. The van der Waals surface area contributed by atoms with Crippen molar-refractivity contribution in [2.45, 2.75) is 32.9 Å². The summed E-state index contributed by atoms with van der Waals surface area (Å²) in [5, 5.41) is 11.7. The molecule has 0 atom stereocenters. The van der Waals surface area contributed by atoms with Gasteiger partial charge in [0, 0.05) is 5.54 Å². The number of benzene rings is 1. The van der Waals surface area contributed by atoms with Crippen LogP contribution in [0.3, 0.4) is 0 Å². The van der Waals surface area contributed by atoms with E-state index in [0.717, 1.165) is 0 Å². The molecular weight excluding hydrogens is 278 g/mol. The number of amides is 1. The van der Waals surface area contributed by atoms with Crippen molar-refractivity contribution >= 4 is 12.0 Å². The summed E-state index contributed by atoms with van der Waals surface area (Å²) in [7, 11) is 0. The van der Waals surface area contributed by atoms with Gasteiger partial charge in [-0.25, -0.2) is 0 Å². The molecule has 0 aliphatic heterocycles. The first-order chi connectivity index (χ1) is 9.71. The Bertz CT molecular complexity index is 567. The number of nitriles is 1. The van der Waals surface area contributed by atoms with Crippen LogP contribution < -0.4 is 10.1 Å². The van der Waals surface area contributed by atoms with Gasteiger partial charge in [0.2, 0.25) is 0 Å². The van der Waals surface area contributed by atoms with E-state index in [2.05, 4.69) is 10.1 Å². The van der Waals surface area contributed by atoms with Gasteiger partial charge < -0.3 is 10.1 Å². The highest BCUT2D eigenvalue weighted by atomic mass is 19.3. The Morgan fingerprint density at radius 2 is 1.90 bits per heavy atom. The molecule has 0 radical (unpaired) electrons. The molecule has 0 saturated carbocycles. The van der Waals surface area contributed by atoms with E-state index >= 15 is 0 Å². The standard InChI is InChI=1S/C15H16F2N2O2/c1-15(2,3)19-13(20)11(9-18)8-10-4-6-12(7-5-10)21-14(16)17/h4-8,14H,1-3H3,(H,19,20)/b11-8+. The van der Waals surface area contributed by atoms with Crippen LogP contribution in [0.2, 0.25) is 0 Å². The number of alkyl halides is 2. The number of nitrogens with one attached hydrogen (secondary N) is 1. The predicted molar refractivity (Wildman–Crippen MR) is 74.6 cm³/mol. The van der Waals surface area contributed by atoms with Gasteiger partial charge in [0.15, 0.2) is 0 Å². The largest absolute Gasteiger partial charge is 0.435 e. The molecule has 21 heavy (non-hydrogen) atoms. The maximum absolute atomic E-state index is 12.0. The SMILES string of the molecule is CC(C)(C)NC(=O)/C(C#N)=C/c1ccc(OC(F)F)cc1. The van der Waals surface area contributed by atoms with Crippen LogP contribution in [0.15, 0.2) is 29.8 Å². The second-order valence-corrected chi connectivity index (χ2v) is 5.32. The summed E-state index contributed by atoms with van der Waals surface area (Å²) >= 11 is 0. The Balaban J connectivity index is 2.89. The Hall–Kier alpha value is -2.42. The third kappa shape index (κ3) is 6.04. The van der Waals surface area contributed by atoms with Gasteiger partial charge in [0.05, 0.1) is 0 Å². The van der Waals surface area contributed by atoms with Gasteiger partial charge in [-0.2, -0.15) is 14.0 Å². The molecule has 112 valence electrons. The molecule has 4 nitrogen and oxygen atoms in total. The van der Waals surface area contributed by atoms with Crippen LogP contribution in [-0.4, -0.2) is 18.1 Å². The Morgan fingerprint density at radius 1 is 1.33 bits per heavy atom. The van der Waals surface area contributed by atoms with Crippen LogP contribution >= 0.6 is 0 Å². The third-order valence-electron chi connectivity index (χ3n) is 2.27.